The number of carbonyl (C=O) groups is 5. The molecule has 5 fully saturated rings. The number of nitrogens with zero attached hydrogens (tertiary/aromatic N) is 5. The number of imide groups is 1. The highest BCUT2D eigenvalue weighted by molar-refractivity contribution is 6.31. The maximum Gasteiger partial charge on any atom is 0.329 e. The highest BCUT2D eigenvalue weighted by Gasteiger charge is 2.73. The van der Waals surface area contributed by atoms with Crippen LogP contribution in [0.25, 0.3) is 11.0 Å². The minimum atomic E-state index is -1.37. The van der Waals surface area contributed by atoms with E-state index in [1.165, 1.54) is 15.3 Å². The van der Waals surface area contributed by atoms with Crippen molar-refractivity contribution < 1.29 is 33.5 Å². The van der Waals surface area contributed by atoms with Crippen molar-refractivity contribution in [1.29, 1.82) is 0 Å². The van der Waals surface area contributed by atoms with E-state index in [2.05, 4.69) is 49.9 Å². The van der Waals surface area contributed by atoms with Gasteiger partial charge < -0.3 is 15.7 Å². The molecule has 0 radical (unpaired) electrons. The fourth-order valence-electron chi connectivity index (χ4n) is 13.3. The van der Waals surface area contributed by atoms with Gasteiger partial charge in [0, 0.05) is 74.1 Å². The molecule has 2 aromatic carbocycles. The molecule has 71 heavy (non-hydrogen) atoms. The summed E-state index contributed by atoms with van der Waals surface area (Å²) in [6, 6.07) is 10.1. The number of hydrogen-bond donors (Lipinski definition) is 5. The molecule has 6 heterocycles. The first kappa shape index (κ1) is 49.4. The van der Waals surface area contributed by atoms with Crippen LogP contribution in [0.5, 0.6) is 0 Å². The Kier molecular flexibility index (Phi) is 13.2. The van der Waals surface area contributed by atoms with Crippen LogP contribution >= 0.6 is 23.2 Å². The average molecular weight is 1020 g/mol. The van der Waals surface area contributed by atoms with Crippen LogP contribution in [0.3, 0.4) is 0 Å². The molecule has 0 bridgehead atoms. The van der Waals surface area contributed by atoms with Gasteiger partial charge in [-0.3, -0.25) is 53.5 Å². The predicted octanol–water partition coefficient (Wildman–Crippen LogP) is 5.82. The molecule has 4 aromatic rings. The lowest BCUT2D eigenvalue weighted by molar-refractivity contribution is -0.146. The van der Waals surface area contributed by atoms with E-state index in [4.69, 9.17) is 23.2 Å². The second-order valence-corrected chi connectivity index (χ2v) is 22.6. The smallest absolute Gasteiger partial charge is 0.329 e. The first-order valence-corrected chi connectivity index (χ1v) is 25.9. The van der Waals surface area contributed by atoms with Gasteiger partial charge in [0.25, 0.3) is 0 Å². The third-order valence-electron chi connectivity index (χ3n) is 17.1. The molecule has 2 aromatic heterocycles. The fourth-order valence-corrected chi connectivity index (χ4v) is 13.6. The third-order valence-corrected chi connectivity index (χ3v) is 17.6. The molecule has 4 amide bonds. The summed E-state index contributed by atoms with van der Waals surface area (Å²) in [6.07, 6.45) is 9.07. The number of fused-ring (bicyclic) bond motifs is 4. The molecule has 1 unspecified atom stereocenters. The number of nitrogens with one attached hydrogen (secondary N) is 4. The van der Waals surface area contributed by atoms with E-state index in [1.807, 2.05) is 24.3 Å². The zero-order valence-corrected chi connectivity index (χ0v) is 41.9. The first-order chi connectivity index (χ1) is 33.9. The number of piperidine rings is 1. The molecular formula is C52H62Cl2FN9O7. The number of benzene rings is 2. The Balaban J connectivity index is 0.777. The van der Waals surface area contributed by atoms with Gasteiger partial charge in [-0.2, -0.15) is 0 Å². The Morgan fingerprint density at radius 3 is 2.42 bits per heavy atom. The average Bonchev–Trinajstić information content (AvgIpc) is 3.89. The van der Waals surface area contributed by atoms with E-state index in [9.17, 15) is 33.9 Å². The van der Waals surface area contributed by atoms with Crippen molar-refractivity contribution in [3.8, 4) is 0 Å². The number of hydrogen-bond acceptors (Lipinski definition) is 10. The summed E-state index contributed by atoms with van der Waals surface area (Å²) in [5.74, 6) is -3.76. The number of carboxylic acid groups (broad SMARTS) is 1. The summed E-state index contributed by atoms with van der Waals surface area (Å²) in [4.78, 5) is 88.4. The lowest BCUT2D eigenvalue weighted by Crippen LogP contribution is -2.61. The monoisotopic (exact) mass is 1010 g/mol. The molecule has 2 spiro atoms. The SMILES string of the molecule is Cn1c(=O)n(C2CCC(=O)NC2=O)c2ccc(CCCN3CCN(CC4CCC(NC(=O)[C@@H]5NC6(CCC(C)(C)CC6)[C@@]6(C(=O)Nc7cc(Cl)ccc76)[C@H]5c5ccnc(Cl)c5F)CC4)[C@H](C(=O)O)C3)cc21. The van der Waals surface area contributed by atoms with Crippen LogP contribution in [0.4, 0.5) is 10.1 Å². The number of anilines is 1. The molecule has 10 rings (SSSR count). The molecule has 2 saturated carbocycles. The summed E-state index contributed by atoms with van der Waals surface area (Å²) in [7, 11) is 1.68. The molecule has 3 saturated heterocycles. The Morgan fingerprint density at radius 2 is 1.69 bits per heavy atom. The van der Waals surface area contributed by atoms with Crippen LogP contribution < -0.4 is 27.0 Å². The number of aryl methyl sites for hydroxylation is 2. The second-order valence-electron chi connectivity index (χ2n) is 21.8. The van der Waals surface area contributed by atoms with Crippen LogP contribution in [-0.4, -0.2) is 115 Å². The molecule has 378 valence electrons. The number of piperazine rings is 1. The molecule has 5 atom stereocenters. The van der Waals surface area contributed by atoms with Crippen LogP contribution in [-0.2, 0) is 42.9 Å². The van der Waals surface area contributed by atoms with Gasteiger partial charge in [0.2, 0.25) is 23.6 Å². The van der Waals surface area contributed by atoms with E-state index >= 15 is 4.39 Å². The Labute approximate surface area is 421 Å². The summed E-state index contributed by atoms with van der Waals surface area (Å²) in [5.41, 5.74) is 1.19. The van der Waals surface area contributed by atoms with E-state index < -0.39 is 52.7 Å². The van der Waals surface area contributed by atoms with Gasteiger partial charge in [0.1, 0.15) is 17.5 Å². The van der Waals surface area contributed by atoms with Gasteiger partial charge in [-0.1, -0.05) is 49.2 Å². The van der Waals surface area contributed by atoms with E-state index in [-0.39, 0.29) is 64.3 Å². The topological polar surface area (TPSA) is 200 Å². The number of imidazole rings is 1. The zero-order chi connectivity index (χ0) is 50.1. The standard InChI is InChI=1S/C52H62Cl2FN9O7/c1-50(2)17-19-51(20-18-50)52(34-12-9-31(53)26-35(34)58-48(52)70)41(33-16-21-56-44(54)42(33)55)43(60-51)46(67)57-32-10-6-30(7-11-32)27-63-24-23-62(28-39(63)47(68)69)22-4-5-29-8-13-36-38(25-29)61(3)49(71)64(36)37-14-15-40(65)59-45(37)66/h8-9,12-13,16,21,25-26,30,32,37,39,41,43,60H,4-7,10-11,14-15,17-20,22-24,27-28H2,1-3H3,(H,57,67)(H,58,70)(H,68,69)(H,59,65,66)/t30?,32?,37?,39-,41-,43+,52+/m0/s1. The van der Waals surface area contributed by atoms with Crippen LogP contribution in [0, 0.1) is 17.2 Å². The first-order valence-electron chi connectivity index (χ1n) is 25.1. The Bertz CT molecular complexity index is 2870. The number of rotatable bonds is 11. The molecule has 5 N–H and O–H groups in total. The van der Waals surface area contributed by atoms with Gasteiger partial charge in [-0.15, -0.1) is 0 Å². The highest BCUT2D eigenvalue weighted by Crippen LogP contribution is 2.64. The Hall–Kier alpha value is -5.20. The molecule has 19 heteroatoms. The van der Waals surface area contributed by atoms with Crippen molar-refractivity contribution in [2.75, 3.05) is 38.0 Å². The third kappa shape index (κ3) is 8.76. The van der Waals surface area contributed by atoms with Gasteiger partial charge in [-0.25, -0.2) is 14.2 Å². The molecule has 2 aliphatic carbocycles. The van der Waals surface area contributed by atoms with Crippen molar-refractivity contribution in [2.45, 2.75) is 132 Å². The maximum atomic E-state index is 16.4. The molecule has 16 nitrogen and oxygen atoms in total. The van der Waals surface area contributed by atoms with Gasteiger partial charge >= 0.3 is 11.7 Å². The minimum absolute atomic E-state index is 0.00521. The molecule has 4 aliphatic heterocycles. The van der Waals surface area contributed by atoms with E-state index in [1.54, 1.807) is 25.2 Å². The van der Waals surface area contributed by atoms with Gasteiger partial charge in [0.15, 0.2) is 11.0 Å². The molecular weight excluding hydrogens is 953 g/mol. The van der Waals surface area contributed by atoms with Gasteiger partial charge in [0.05, 0.1) is 17.1 Å². The van der Waals surface area contributed by atoms with Crippen molar-refractivity contribution >= 4 is 69.5 Å². The van der Waals surface area contributed by atoms with Gasteiger partial charge in [-0.05, 0) is 136 Å². The van der Waals surface area contributed by atoms with Crippen molar-refractivity contribution in [2.24, 2.45) is 18.4 Å². The lowest BCUT2D eigenvalue weighted by Gasteiger charge is -2.50. The predicted molar refractivity (Wildman–Crippen MR) is 266 cm³/mol. The summed E-state index contributed by atoms with van der Waals surface area (Å²) < 4.78 is 19.4. The van der Waals surface area contributed by atoms with Crippen molar-refractivity contribution in [3.63, 3.8) is 0 Å². The van der Waals surface area contributed by atoms with Crippen molar-refractivity contribution in [3.05, 3.63) is 91.8 Å². The van der Waals surface area contributed by atoms with Crippen LogP contribution in [0.15, 0.2) is 53.5 Å². The minimum Gasteiger partial charge on any atom is -0.480 e. The normalized spacial score (nSPS) is 28.6. The fraction of sp³-hybridized carbons (Fsp3) is 0.558. The number of aliphatic carboxylic acids is 1. The zero-order valence-electron chi connectivity index (χ0n) is 40.4. The van der Waals surface area contributed by atoms with Crippen LogP contribution in [0.2, 0.25) is 10.2 Å². The quantitative estimate of drug-likeness (QED) is 0.0896. The van der Waals surface area contributed by atoms with E-state index in [0.717, 1.165) is 50.6 Å². The lowest BCUT2D eigenvalue weighted by atomic mass is 9.53. The number of pyridine rings is 1. The van der Waals surface area contributed by atoms with Crippen LogP contribution in [0.1, 0.15) is 113 Å². The highest BCUT2D eigenvalue weighted by atomic mass is 35.5. The number of aromatic nitrogens is 3. The number of amides is 4. The maximum absolute atomic E-state index is 16.4. The molecule has 6 aliphatic rings. The largest absolute Gasteiger partial charge is 0.480 e. The summed E-state index contributed by atoms with van der Waals surface area (Å²) in [5, 5.41) is 23.1. The van der Waals surface area contributed by atoms with Crippen molar-refractivity contribution in [1.82, 2.24) is 39.9 Å². The second kappa shape index (κ2) is 19.0. The number of carbonyl (C=O) groups excluding carboxylic acids is 4. The Morgan fingerprint density at radius 1 is 0.930 bits per heavy atom. The summed E-state index contributed by atoms with van der Waals surface area (Å²) in [6.45, 7) is 7.50. The van der Waals surface area contributed by atoms with E-state index in [0.29, 0.717) is 79.2 Å². The number of halogens is 3. The number of carboxylic acids is 1. The summed E-state index contributed by atoms with van der Waals surface area (Å²) >= 11 is 12.8.